The second-order valence-electron chi connectivity index (χ2n) is 8.79. The Kier molecular flexibility index (Phi) is 5.76. The molecule has 3 saturated heterocycles. The van der Waals surface area contributed by atoms with E-state index in [0.29, 0.717) is 30.4 Å². The normalized spacial score (nSPS) is 31.9. The Hall–Kier alpha value is -1.82. The Labute approximate surface area is 167 Å². The van der Waals surface area contributed by atoms with Gasteiger partial charge in [0.15, 0.2) is 5.76 Å². The minimum absolute atomic E-state index is 0.129. The van der Waals surface area contributed by atoms with Crippen LogP contribution in [0.1, 0.15) is 69.3 Å². The molecule has 3 aliphatic rings. The molecule has 1 aromatic rings. The van der Waals surface area contributed by atoms with Crippen LogP contribution in [0.25, 0.3) is 0 Å². The molecule has 28 heavy (non-hydrogen) atoms. The molecule has 0 N–H and O–H groups in total. The molecule has 0 saturated carbocycles. The molecule has 4 atom stereocenters. The summed E-state index contributed by atoms with van der Waals surface area (Å²) in [7, 11) is 0. The topological polar surface area (TPSA) is 57.0 Å². The van der Waals surface area contributed by atoms with E-state index < -0.39 is 0 Å². The van der Waals surface area contributed by atoms with Crippen molar-refractivity contribution in [1.82, 2.24) is 14.7 Å². The highest BCUT2D eigenvalue weighted by atomic mass is 16.3. The molecule has 0 radical (unpaired) electrons. The fourth-order valence-corrected chi connectivity index (χ4v) is 5.52. The molecule has 0 aliphatic carbocycles. The lowest BCUT2D eigenvalue weighted by molar-refractivity contribution is -0.139. The molecule has 154 valence electrons. The van der Waals surface area contributed by atoms with Crippen molar-refractivity contribution in [2.24, 2.45) is 0 Å². The first kappa shape index (κ1) is 19.5. The van der Waals surface area contributed by atoms with Crippen LogP contribution < -0.4 is 0 Å². The first-order chi connectivity index (χ1) is 13.6. The Morgan fingerprint density at radius 2 is 1.79 bits per heavy atom. The average Bonchev–Trinajstić information content (AvgIpc) is 3.37. The van der Waals surface area contributed by atoms with Crippen molar-refractivity contribution in [1.29, 1.82) is 0 Å². The largest absolute Gasteiger partial charge is 0.459 e. The van der Waals surface area contributed by atoms with Gasteiger partial charge < -0.3 is 14.2 Å². The van der Waals surface area contributed by atoms with Crippen molar-refractivity contribution in [3.05, 3.63) is 24.2 Å². The summed E-state index contributed by atoms with van der Waals surface area (Å²) >= 11 is 0. The maximum Gasteiger partial charge on any atom is 0.290 e. The van der Waals surface area contributed by atoms with Crippen molar-refractivity contribution in [3.8, 4) is 0 Å². The van der Waals surface area contributed by atoms with Crippen LogP contribution in [0.15, 0.2) is 22.8 Å². The van der Waals surface area contributed by atoms with Gasteiger partial charge in [0.25, 0.3) is 5.91 Å². The highest BCUT2D eigenvalue weighted by Crippen LogP contribution is 2.31. The summed E-state index contributed by atoms with van der Waals surface area (Å²) in [6.45, 7) is 6.87. The fraction of sp³-hybridized carbons (Fsp3) is 0.727. The predicted octanol–water partition coefficient (Wildman–Crippen LogP) is 3.14. The molecule has 1 aromatic heterocycles. The number of nitrogens with zero attached hydrogens (tertiary/aromatic N) is 3. The van der Waals surface area contributed by atoms with Crippen molar-refractivity contribution < 1.29 is 14.0 Å². The summed E-state index contributed by atoms with van der Waals surface area (Å²) in [6.07, 6.45) is 8.92. The molecule has 4 rings (SSSR count). The maximum absolute atomic E-state index is 13.4. The van der Waals surface area contributed by atoms with E-state index in [9.17, 15) is 9.59 Å². The molecule has 6 nitrogen and oxygen atoms in total. The van der Waals surface area contributed by atoms with Crippen LogP contribution in [-0.2, 0) is 4.79 Å². The van der Waals surface area contributed by atoms with Crippen molar-refractivity contribution in [2.45, 2.75) is 83.0 Å². The van der Waals surface area contributed by atoms with Crippen LogP contribution in [0.4, 0.5) is 0 Å². The van der Waals surface area contributed by atoms with E-state index in [1.807, 2.05) is 4.90 Å². The third-order valence-electron chi connectivity index (χ3n) is 6.93. The van der Waals surface area contributed by atoms with Gasteiger partial charge in [-0.1, -0.05) is 0 Å². The van der Waals surface area contributed by atoms with Gasteiger partial charge in [0.1, 0.15) is 6.04 Å². The van der Waals surface area contributed by atoms with Gasteiger partial charge in [-0.15, -0.1) is 0 Å². The number of rotatable bonds is 3. The Morgan fingerprint density at radius 1 is 1.00 bits per heavy atom. The van der Waals surface area contributed by atoms with Crippen LogP contribution in [0.5, 0.6) is 0 Å². The number of amides is 2. The highest BCUT2D eigenvalue weighted by molar-refractivity contribution is 5.95. The summed E-state index contributed by atoms with van der Waals surface area (Å²) in [5.74, 6) is 0.304. The Morgan fingerprint density at radius 3 is 2.50 bits per heavy atom. The van der Waals surface area contributed by atoms with Crippen LogP contribution in [0.3, 0.4) is 0 Å². The van der Waals surface area contributed by atoms with Gasteiger partial charge in [-0.25, -0.2) is 0 Å². The quantitative estimate of drug-likeness (QED) is 0.800. The monoisotopic (exact) mass is 387 g/mol. The minimum Gasteiger partial charge on any atom is -0.459 e. The lowest BCUT2D eigenvalue weighted by atomic mass is 9.97. The number of hydrogen-bond acceptors (Lipinski definition) is 4. The molecule has 0 spiro atoms. The maximum atomic E-state index is 13.4. The number of likely N-dealkylation sites (tertiary alicyclic amines) is 3. The SMILES string of the molecule is CC1CCC(C)N1C1CCCN(C(=O)C2CCCCN2C(=O)c2ccco2)C1. The predicted molar refractivity (Wildman–Crippen MR) is 107 cm³/mol. The van der Waals surface area contributed by atoms with Gasteiger partial charge >= 0.3 is 0 Å². The molecular formula is C22H33N3O3. The van der Waals surface area contributed by atoms with Crippen molar-refractivity contribution in [3.63, 3.8) is 0 Å². The molecule has 0 bridgehead atoms. The van der Waals surface area contributed by atoms with Gasteiger partial charge in [-0.3, -0.25) is 14.5 Å². The van der Waals surface area contributed by atoms with Gasteiger partial charge in [0, 0.05) is 37.8 Å². The van der Waals surface area contributed by atoms with Gasteiger partial charge in [-0.05, 0) is 70.9 Å². The molecule has 3 fully saturated rings. The second-order valence-corrected chi connectivity index (χ2v) is 8.79. The third-order valence-corrected chi connectivity index (χ3v) is 6.93. The zero-order chi connectivity index (χ0) is 19.7. The van der Waals surface area contributed by atoms with Crippen LogP contribution >= 0.6 is 0 Å². The molecule has 0 aromatic carbocycles. The lowest BCUT2D eigenvalue weighted by Gasteiger charge is -2.44. The summed E-state index contributed by atoms with van der Waals surface area (Å²) in [5, 5.41) is 0. The van der Waals surface area contributed by atoms with Crippen molar-refractivity contribution >= 4 is 11.8 Å². The van der Waals surface area contributed by atoms with Crippen LogP contribution in [0, 0.1) is 0 Å². The van der Waals surface area contributed by atoms with E-state index in [1.165, 1.54) is 19.1 Å². The number of carbonyl (C=O) groups excluding carboxylic acids is 2. The zero-order valence-corrected chi connectivity index (χ0v) is 17.2. The lowest BCUT2D eigenvalue weighted by Crippen LogP contribution is -2.58. The molecular weight excluding hydrogens is 354 g/mol. The van der Waals surface area contributed by atoms with E-state index in [1.54, 1.807) is 17.0 Å². The third kappa shape index (κ3) is 3.71. The summed E-state index contributed by atoms with van der Waals surface area (Å²) in [4.78, 5) is 32.7. The molecule has 2 amide bonds. The number of carbonyl (C=O) groups is 2. The van der Waals surface area contributed by atoms with E-state index in [2.05, 4.69) is 18.7 Å². The van der Waals surface area contributed by atoms with E-state index >= 15 is 0 Å². The number of furan rings is 1. The van der Waals surface area contributed by atoms with Crippen LogP contribution in [0.2, 0.25) is 0 Å². The Balaban J connectivity index is 1.46. The molecule has 6 heteroatoms. The summed E-state index contributed by atoms with van der Waals surface area (Å²) in [6, 6.07) is 4.71. The standard InChI is InChI=1S/C22H33N3O3/c1-16-10-11-17(2)25(16)18-7-5-12-23(15-18)21(26)19-8-3-4-13-24(19)22(27)20-9-6-14-28-20/h6,9,14,16-19H,3-5,7-8,10-13,15H2,1-2H3. The zero-order valence-electron chi connectivity index (χ0n) is 17.2. The van der Waals surface area contributed by atoms with Gasteiger partial charge in [-0.2, -0.15) is 0 Å². The second kappa shape index (κ2) is 8.27. The van der Waals surface area contributed by atoms with Crippen LogP contribution in [-0.4, -0.2) is 70.3 Å². The van der Waals surface area contributed by atoms with Crippen molar-refractivity contribution in [2.75, 3.05) is 19.6 Å². The number of hydrogen-bond donors (Lipinski definition) is 0. The van der Waals surface area contributed by atoms with E-state index in [4.69, 9.17) is 4.42 Å². The molecule has 4 heterocycles. The number of piperidine rings is 2. The molecule has 3 aliphatic heterocycles. The average molecular weight is 388 g/mol. The van der Waals surface area contributed by atoms with E-state index in [0.717, 1.165) is 45.2 Å². The van der Waals surface area contributed by atoms with Gasteiger partial charge in [0.2, 0.25) is 5.91 Å². The van der Waals surface area contributed by atoms with Gasteiger partial charge in [0.05, 0.1) is 6.26 Å². The molecule has 4 unspecified atom stereocenters. The van der Waals surface area contributed by atoms with E-state index in [-0.39, 0.29) is 17.9 Å². The fourth-order valence-electron chi connectivity index (χ4n) is 5.52. The summed E-state index contributed by atoms with van der Waals surface area (Å²) in [5.41, 5.74) is 0. The first-order valence-electron chi connectivity index (χ1n) is 11.0. The minimum atomic E-state index is -0.349. The first-order valence-corrected chi connectivity index (χ1v) is 11.0. The smallest absolute Gasteiger partial charge is 0.290 e. The summed E-state index contributed by atoms with van der Waals surface area (Å²) < 4.78 is 5.31. The highest BCUT2D eigenvalue weighted by Gasteiger charge is 2.40. The Bertz CT molecular complexity index is 679.